The van der Waals surface area contributed by atoms with Crippen LogP contribution in [0, 0.1) is 0 Å². The van der Waals surface area contributed by atoms with Crippen molar-refractivity contribution in [1.82, 2.24) is 5.32 Å². The Morgan fingerprint density at radius 2 is 1.46 bits per heavy atom. The highest BCUT2D eigenvalue weighted by atomic mass is 35.5. The summed E-state index contributed by atoms with van der Waals surface area (Å²) in [5, 5.41) is 3.42. The van der Waals surface area contributed by atoms with Crippen LogP contribution in [0.1, 0.15) is 24.8 Å². The summed E-state index contributed by atoms with van der Waals surface area (Å²) in [6.45, 7) is 1.66. The molecule has 3 nitrogen and oxygen atoms in total. The third-order valence-corrected chi connectivity index (χ3v) is 4.10. The quantitative estimate of drug-likeness (QED) is 0.741. The van der Waals surface area contributed by atoms with Crippen molar-refractivity contribution in [3.05, 3.63) is 54.1 Å². The monoisotopic (exact) mass is 387 g/mol. The molecule has 0 unspecified atom stereocenters. The second-order valence-corrected chi connectivity index (χ2v) is 6.05. The number of hydrogen-bond donors (Lipinski definition) is 1. The summed E-state index contributed by atoms with van der Waals surface area (Å²) in [4.78, 5) is 0. The van der Waals surface area contributed by atoms with E-state index in [1.807, 2.05) is 0 Å². The zero-order valence-electron chi connectivity index (χ0n) is 14.1. The van der Waals surface area contributed by atoms with Gasteiger partial charge in [0.05, 0.1) is 5.56 Å². The number of benzene rings is 2. The van der Waals surface area contributed by atoms with Crippen LogP contribution in [-0.4, -0.2) is 19.2 Å². The molecule has 0 radical (unpaired) electrons. The predicted octanol–water partition coefficient (Wildman–Crippen LogP) is 5.44. The first-order valence-electron chi connectivity index (χ1n) is 8.32. The SMILES string of the molecule is Cl.FC(F)(F)c1ccc(Oc2ccc(OC[C@H]3CCCCN3)cc2)cc1. The number of halogens is 4. The maximum absolute atomic E-state index is 12.5. The van der Waals surface area contributed by atoms with Gasteiger partial charge in [0, 0.05) is 6.04 Å². The zero-order valence-corrected chi connectivity index (χ0v) is 14.9. The van der Waals surface area contributed by atoms with Crippen LogP contribution in [0.5, 0.6) is 17.2 Å². The molecular weight excluding hydrogens is 367 g/mol. The van der Waals surface area contributed by atoms with E-state index in [0.717, 1.165) is 30.8 Å². The Morgan fingerprint density at radius 1 is 0.885 bits per heavy atom. The molecule has 1 atom stereocenters. The van der Waals surface area contributed by atoms with Crippen molar-refractivity contribution in [1.29, 1.82) is 0 Å². The van der Waals surface area contributed by atoms with Crippen LogP contribution in [0.3, 0.4) is 0 Å². The molecule has 1 aliphatic heterocycles. The van der Waals surface area contributed by atoms with E-state index in [1.54, 1.807) is 24.3 Å². The van der Waals surface area contributed by atoms with Crippen LogP contribution in [0.15, 0.2) is 48.5 Å². The molecule has 0 amide bonds. The number of nitrogens with one attached hydrogen (secondary N) is 1. The molecule has 1 saturated heterocycles. The van der Waals surface area contributed by atoms with Gasteiger partial charge in [-0.15, -0.1) is 12.4 Å². The molecule has 2 aromatic rings. The lowest BCUT2D eigenvalue weighted by Crippen LogP contribution is -2.38. The third kappa shape index (κ3) is 5.81. The Balaban J connectivity index is 0.00000243. The van der Waals surface area contributed by atoms with E-state index in [1.165, 1.54) is 25.0 Å². The van der Waals surface area contributed by atoms with Crippen molar-refractivity contribution in [3.63, 3.8) is 0 Å². The van der Waals surface area contributed by atoms with Crippen molar-refractivity contribution >= 4 is 12.4 Å². The summed E-state index contributed by atoms with van der Waals surface area (Å²) in [5.41, 5.74) is -0.695. The van der Waals surface area contributed by atoms with Crippen LogP contribution in [0.2, 0.25) is 0 Å². The largest absolute Gasteiger partial charge is 0.492 e. The Bertz CT molecular complexity index is 669. The lowest BCUT2D eigenvalue weighted by molar-refractivity contribution is -0.137. The molecule has 0 bridgehead atoms. The highest BCUT2D eigenvalue weighted by Crippen LogP contribution is 2.31. The molecule has 0 aromatic heterocycles. The fourth-order valence-corrected chi connectivity index (χ4v) is 2.72. The van der Waals surface area contributed by atoms with Gasteiger partial charge in [0.15, 0.2) is 0 Å². The van der Waals surface area contributed by atoms with Crippen molar-refractivity contribution in [3.8, 4) is 17.2 Å². The second kappa shape index (κ2) is 9.14. The smallest absolute Gasteiger partial charge is 0.416 e. The van der Waals surface area contributed by atoms with Crippen LogP contribution in [0.25, 0.3) is 0 Å². The van der Waals surface area contributed by atoms with Gasteiger partial charge in [0.1, 0.15) is 23.9 Å². The molecule has 1 fully saturated rings. The number of ether oxygens (including phenoxy) is 2. The second-order valence-electron chi connectivity index (χ2n) is 6.05. The molecule has 142 valence electrons. The first kappa shape index (κ1) is 20.4. The normalized spacial score (nSPS) is 17.3. The predicted molar refractivity (Wildman–Crippen MR) is 96.3 cm³/mol. The summed E-state index contributed by atoms with van der Waals surface area (Å²) in [6.07, 6.45) is -0.784. The van der Waals surface area contributed by atoms with Crippen LogP contribution in [0.4, 0.5) is 13.2 Å². The third-order valence-electron chi connectivity index (χ3n) is 4.10. The van der Waals surface area contributed by atoms with Gasteiger partial charge in [-0.1, -0.05) is 6.42 Å². The average molecular weight is 388 g/mol. The highest BCUT2D eigenvalue weighted by molar-refractivity contribution is 5.85. The first-order valence-corrected chi connectivity index (χ1v) is 8.32. The van der Waals surface area contributed by atoms with Gasteiger partial charge in [-0.25, -0.2) is 0 Å². The van der Waals surface area contributed by atoms with E-state index < -0.39 is 11.7 Å². The van der Waals surface area contributed by atoms with E-state index in [0.29, 0.717) is 24.1 Å². The van der Waals surface area contributed by atoms with Gasteiger partial charge in [-0.2, -0.15) is 13.2 Å². The van der Waals surface area contributed by atoms with Gasteiger partial charge in [0.25, 0.3) is 0 Å². The molecule has 2 aromatic carbocycles. The van der Waals surface area contributed by atoms with Crippen LogP contribution < -0.4 is 14.8 Å². The van der Waals surface area contributed by atoms with Crippen LogP contribution >= 0.6 is 12.4 Å². The highest BCUT2D eigenvalue weighted by Gasteiger charge is 2.30. The van der Waals surface area contributed by atoms with E-state index in [-0.39, 0.29) is 12.4 Å². The fourth-order valence-electron chi connectivity index (χ4n) is 2.72. The first-order chi connectivity index (χ1) is 12.0. The summed E-state index contributed by atoms with van der Waals surface area (Å²) >= 11 is 0. The Hall–Kier alpha value is -1.92. The van der Waals surface area contributed by atoms with Gasteiger partial charge >= 0.3 is 6.18 Å². The molecule has 1 N–H and O–H groups in total. The van der Waals surface area contributed by atoms with E-state index in [2.05, 4.69) is 5.32 Å². The summed E-state index contributed by atoms with van der Waals surface area (Å²) < 4.78 is 48.9. The molecule has 3 rings (SSSR count). The van der Waals surface area contributed by atoms with Crippen LogP contribution in [-0.2, 0) is 6.18 Å². The summed E-state index contributed by atoms with van der Waals surface area (Å²) in [5.74, 6) is 1.64. The molecule has 1 aliphatic rings. The van der Waals surface area contributed by atoms with E-state index in [4.69, 9.17) is 9.47 Å². The fraction of sp³-hybridized carbons (Fsp3) is 0.368. The number of alkyl halides is 3. The van der Waals surface area contributed by atoms with Crippen molar-refractivity contribution in [2.24, 2.45) is 0 Å². The number of rotatable bonds is 5. The van der Waals surface area contributed by atoms with Gasteiger partial charge in [-0.3, -0.25) is 0 Å². The maximum Gasteiger partial charge on any atom is 0.416 e. The van der Waals surface area contributed by atoms with Crippen molar-refractivity contribution in [2.45, 2.75) is 31.5 Å². The Morgan fingerprint density at radius 3 is 2.00 bits per heavy atom. The lowest BCUT2D eigenvalue weighted by atomic mass is 10.1. The Labute approximate surface area is 156 Å². The molecular formula is C19H21ClF3NO2. The minimum atomic E-state index is -4.34. The van der Waals surface area contributed by atoms with E-state index >= 15 is 0 Å². The topological polar surface area (TPSA) is 30.5 Å². The number of hydrogen-bond acceptors (Lipinski definition) is 3. The summed E-state index contributed by atoms with van der Waals surface area (Å²) in [7, 11) is 0. The molecule has 0 saturated carbocycles. The average Bonchev–Trinajstić information content (AvgIpc) is 2.62. The maximum atomic E-state index is 12.5. The lowest BCUT2D eigenvalue weighted by Gasteiger charge is -2.23. The zero-order chi connectivity index (χ0) is 17.7. The number of piperidine rings is 1. The summed E-state index contributed by atoms with van der Waals surface area (Å²) in [6, 6.07) is 12.1. The standard InChI is InChI=1S/C19H20F3NO2.ClH/c20-19(21,22)14-4-6-17(7-5-14)25-18-10-8-16(9-11-18)24-13-15-3-1-2-12-23-15;/h4-11,15,23H,1-3,12-13H2;1H/t15-;/m1./s1. The molecule has 0 spiro atoms. The van der Waals surface area contributed by atoms with Gasteiger partial charge in [0.2, 0.25) is 0 Å². The molecule has 0 aliphatic carbocycles. The minimum Gasteiger partial charge on any atom is -0.492 e. The molecule has 1 heterocycles. The minimum absolute atomic E-state index is 0. The Kier molecular flexibility index (Phi) is 7.17. The van der Waals surface area contributed by atoms with Crippen molar-refractivity contribution in [2.75, 3.05) is 13.2 Å². The van der Waals surface area contributed by atoms with Gasteiger partial charge in [-0.05, 0) is 67.9 Å². The van der Waals surface area contributed by atoms with E-state index in [9.17, 15) is 13.2 Å². The van der Waals surface area contributed by atoms with Gasteiger partial charge < -0.3 is 14.8 Å². The molecule has 7 heteroatoms. The molecule has 26 heavy (non-hydrogen) atoms. The van der Waals surface area contributed by atoms with Crippen molar-refractivity contribution < 1.29 is 22.6 Å².